The van der Waals surface area contributed by atoms with Crippen LogP contribution in [0.15, 0.2) is 199 Å². The Kier molecular flexibility index (Phi) is 6.98. The van der Waals surface area contributed by atoms with E-state index in [0.29, 0.717) is 0 Å². The SMILES string of the molecule is CC1(C)c2ccccc2-c2cccc(N(c3ccc(-n4c5ccccc5c5ccccc54)cc3)c3ccccc3-c3cccc4c3oc3c5ccccc5ccc43)c21. The zero-order valence-corrected chi connectivity index (χ0v) is 32.3. The molecule has 0 saturated heterocycles. The monoisotopic (exact) mass is 742 g/mol. The average molecular weight is 743 g/mol. The number of benzene rings is 9. The molecule has 2 aromatic heterocycles. The third-order valence-corrected chi connectivity index (χ3v) is 12.6. The van der Waals surface area contributed by atoms with Crippen LogP contribution in [0, 0.1) is 0 Å². The minimum Gasteiger partial charge on any atom is -0.455 e. The Balaban J connectivity index is 1.10. The maximum absolute atomic E-state index is 6.95. The first-order chi connectivity index (χ1) is 28.6. The quantitative estimate of drug-likeness (QED) is 0.175. The minimum absolute atomic E-state index is 0.224. The Morgan fingerprint density at radius 2 is 0.983 bits per heavy atom. The van der Waals surface area contributed by atoms with E-state index in [-0.39, 0.29) is 5.41 Å². The topological polar surface area (TPSA) is 21.3 Å². The smallest absolute Gasteiger partial charge is 0.143 e. The second-order valence-electron chi connectivity index (χ2n) is 16.1. The van der Waals surface area contributed by atoms with Crippen LogP contribution in [0.1, 0.15) is 25.0 Å². The van der Waals surface area contributed by atoms with Gasteiger partial charge in [0.1, 0.15) is 11.2 Å². The van der Waals surface area contributed by atoms with Crippen molar-refractivity contribution in [3.63, 3.8) is 0 Å². The molecule has 0 spiro atoms. The molecule has 12 rings (SSSR count). The van der Waals surface area contributed by atoms with Gasteiger partial charge in [0.2, 0.25) is 0 Å². The lowest BCUT2D eigenvalue weighted by Gasteiger charge is -2.33. The first kappa shape index (κ1) is 32.8. The molecule has 1 aliphatic rings. The van der Waals surface area contributed by atoms with Crippen molar-refractivity contribution in [2.24, 2.45) is 0 Å². The van der Waals surface area contributed by atoms with Gasteiger partial charge in [-0.2, -0.15) is 0 Å². The van der Waals surface area contributed by atoms with Gasteiger partial charge in [-0.3, -0.25) is 0 Å². The van der Waals surface area contributed by atoms with Gasteiger partial charge in [0, 0.05) is 54.8 Å². The molecule has 0 saturated carbocycles. The Bertz CT molecular complexity index is 3380. The zero-order chi connectivity index (χ0) is 38.5. The van der Waals surface area contributed by atoms with E-state index in [1.807, 2.05) is 0 Å². The molecule has 2 heterocycles. The molecule has 9 aromatic carbocycles. The highest BCUT2D eigenvalue weighted by Crippen LogP contribution is 2.55. The number of fused-ring (bicyclic) bond motifs is 11. The number of anilines is 3. The van der Waals surface area contributed by atoms with Gasteiger partial charge < -0.3 is 13.9 Å². The summed E-state index contributed by atoms with van der Waals surface area (Å²) in [4.78, 5) is 2.48. The predicted molar refractivity (Wildman–Crippen MR) is 243 cm³/mol. The Morgan fingerprint density at radius 1 is 0.414 bits per heavy atom. The first-order valence-electron chi connectivity index (χ1n) is 20.1. The van der Waals surface area contributed by atoms with Crippen molar-refractivity contribution in [3.05, 3.63) is 205 Å². The molecule has 0 atom stereocenters. The summed E-state index contributed by atoms with van der Waals surface area (Å²) in [6, 6.07) is 70.6. The number of rotatable bonds is 5. The van der Waals surface area contributed by atoms with Crippen molar-refractivity contribution < 1.29 is 4.42 Å². The summed E-state index contributed by atoms with van der Waals surface area (Å²) in [7, 11) is 0. The molecule has 0 fully saturated rings. The zero-order valence-electron chi connectivity index (χ0n) is 32.3. The highest BCUT2D eigenvalue weighted by atomic mass is 16.3. The lowest BCUT2D eigenvalue weighted by molar-refractivity contribution is 0.661. The van der Waals surface area contributed by atoms with Crippen LogP contribution in [0.2, 0.25) is 0 Å². The molecular formula is C55H38N2O. The van der Waals surface area contributed by atoms with Gasteiger partial charge in [-0.1, -0.05) is 153 Å². The third kappa shape index (κ3) is 4.62. The molecule has 3 heteroatoms. The summed E-state index contributed by atoms with van der Waals surface area (Å²) in [5, 5.41) is 7.06. The van der Waals surface area contributed by atoms with Crippen LogP contribution in [0.3, 0.4) is 0 Å². The van der Waals surface area contributed by atoms with Gasteiger partial charge in [0.05, 0.1) is 22.4 Å². The van der Waals surface area contributed by atoms with Crippen molar-refractivity contribution in [2.75, 3.05) is 4.90 Å². The Morgan fingerprint density at radius 3 is 1.78 bits per heavy atom. The van der Waals surface area contributed by atoms with Crippen LogP contribution in [0.25, 0.3) is 82.5 Å². The number of para-hydroxylation sites is 4. The molecule has 0 bridgehead atoms. The Hall–Kier alpha value is -7.36. The van der Waals surface area contributed by atoms with E-state index < -0.39 is 0 Å². The van der Waals surface area contributed by atoms with Crippen LogP contribution in [-0.4, -0.2) is 4.57 Å². The summed E-state index contributed by atoms with van der Waals surface area (Å²) < 4.78 is 9.34. The molecule has 3 nitrogen and oxygen atoms in total. The van der Waals surface area contributed by atoms with Crippen molar-refractivity contribution in [2.45, 2.75) is 19.3 Å². The van der Waals surface area contributed by atoms with E-state index in [0.717, 1.165) is 55.5 Å². The van der Waals surface area contributed by atoms with Crippen LogP contribution in [0.5, 0.6) is 0 Å². The maximum Gasteiger partial charge on any atom is 0.143 e. The third-order valence-electron chi connectivity index (χ3n) is 12.6. The highest BCUT2D eigenvalue weighted by molar-refractivity contribution is 6.18. The lowest BCUT2D eigenvalue weighted by Crippen LogP contribution is -2.21. The second kappa shape index (κ2) is 12.3. The average Bonchev–Trinajstić information content (AvgIpc) is 3.91. The standard InChI is InChI=1S/C55H38N2O/c1-55(2)47-24-9-5-17-39(47)43-21-14-28-51(52(43)55)57(37-32-30-36(31-33-37)56-48-25-10-6-18-40(48)41-19-7-11-26-49(41)56)50-27-12-8-20-42(50)44-22-13-23-45-46-34-29-35-15-3-4-16-38(35)53(46)58-54(44)45/h3-34H,1-2H3. The summed E-state index contributed by atoms with van der Waals surface area (Å²) in [5.41, 5.74) is 15.9. The van der Waals surface area contributed by atoms with Crippen LogP contribution in [-0.2, 0) is 5.41 Å². The van der Waals surface area contributed by atoms with Crippen molar-refractivity contribution in [3.8, 4) is 27.9 Å². The van der Waals surface area contributed by atoms with Crippen LogP contribution >= 0.6 is 0 Å². The number of aromatic nitrogens is 1. The molecule has 11 aromatic rings. The summed E-state index contributed by atoms with van der Waals surface area (Å²) in [6.45, 7) is 4.74. The van der Waals surface area contributed by atoms with E-state index in [4.69, 9.17) is 4.42 Å². The molecule has 0 radical (unpaired) electrons. The molecule has 0 amide bonds. The van der Waals surface area contributed by atoms with Crippen molar-refractivity contribution in [1.29, 1.82) is 0 Å². The summed E-state index contributed by atoms with van der Waals surface area (Å²) in [6.07, 6.45) is 0. The number of nitrogens with zero attached hydrogens (tertiary/aromatic N) is 2. The van der Waals surface area contributed by atoms with Crippen molar-refractivity contribution >= 4 is 71.6 Å². The minimum atomic E-state index is -0.224. The van der Waals surface area contributed by atoms with Gasteiger partial charge >= 0.3 is 0 Å². The molecule has 274 valence electrons. The highest BCUT2D eigenvalue weighted by Gasteiger charge is 2.39. The molecule has 0 unspecified atom stereocenters. The normalized spacial score (nSPS) is 13.1. The Labute approximate surface area is 336 Å². The van der Waals surface area contributed by atoms with E-state index >= 15 is 0 Å². The fraction of sp³-hybridized carbons (Fsp3) is 0.0545. The van der Waals surface area contributed by atoms with Crippen LogP contribution in [0.4, 0.5) is 17.1 Å². The first-order valence-corrected chi connectivity index (χ1v) is 20.1. The maximum atomic E-state index is 6.95. The van der Waals surface area contributed by atoms with Crippen LogP contribution < -0.4 is 4.90 Å². The summed E-state index contributed by atoms with van der Waals surface area (Å²) in [5.74, 6) is 0. The lowest BCUT2D eigenvalue weighted by atomic mass is 9.81. The number of furan rings is 1. The van der Waals surface area contributed by atoms with Crippen molar-refractivity contribution in [1.82, 2.24) is 4.57 Å². The number of hydrogen-bond acceptors (Lipinski definition) is 2. The van der Waals surface area contributed by atoms with E-state index in [1.165, 1.54) is 55.1 Å². The van der Waals surface area contributed by atoms with Gasteiger partial charge in [0.15, 0.2) is 0 Å². The largest absolute Gasteiger partial charge is 0.455 e. The molecule has 0 N–H and O–H groups in total. The fourth-order valence-electron chi connectivity index (χ4n) is 10.00. The number of hydrogen-bond donors (Lipinski definition) is 0. The molecule has 1 aliphatic carbocycles. The summed E-state index contributed by atoms with van der Waals surface area (Å²) >= 11 is 0. The van der Waals surface area contributed by atoms with E-state index in [9.17, 15) is 0 Å². The van der Waals surface area contributed by atoms with E-state index in [1.54, 1.807) is 0 Å². The van der Waals surface area contributed by atoms with Gasteiger partial charge in [-0.15, -0.1) is 0 Å². The molecule has 58 heavy (non-hydrogen) atoms. The van der Waals surface area contributed by atoms with E-state index in [2.05, 4.69) is 217 Å². The van der Waals surface area contributed by atoms with Gasteiger partial charge in [-0.25, -0.2) is 0 Å². The predicted octanol–water partition coefficient (Wildman–Crippen LogP) is 15.3. The molecule has 0 aliphatic heterocycles. The second-order valence-corrected chi connectivity index (χ2v) is 16.1. The van der Waals surface area contributed by atoms with Gasteiger partial charge in [-0.05, 0) is 82.2 Å². The fourth-order valence-corrected chi connectivity index (χ4v) is 10.00. The molecular weight excluding hydrogens is 705 g/mol. The van der Waals surface area contributed by atoms with Gasteiger partial charge in [0.25, 0.3) is 0 Å².